The Labute approximate surface area is 243 Å². The summed E-state index contributed by atoms with van der Waals surface area (Å²) < 4.78 is 5.38. The third-order valence-electron chi connectivity index (χ3n) is 5.45. The summed E-state index contributed by atoms with van der Waals surface area (Å²) in [6.45, 7) is 1.55. The number of nitrogens with zero attached hydrogens (tertiary/aromatic N) is 1. The summed E-state index contributed by atoms with van der Waals surface area (Å²) in [5.74, 6) is 0.779. The highest BCUT2D eigenvalue weighted by Crippen LogP contribution is 2.29. The van der Waals surface area contributed by atoms with Gasteiger partial charge in [-0.15, -0.1) is 12.4 Å². The Bertz CT molecular complexity index is 1170. The van der Waals surface area contributed by atoms with Crippen molar-refractivity contribution in [2.75, 3.05) is 24.2 Å². The third kappa shape index (κ3) is 12.5. The summed E-state index contributed by atoms with van der Waals surface area (Å²) in [7, 11) is 3.24. The van der Waals surface area contributed by atoms with Crippen LogP contribution in [-0.4, -0.2) is 41.5 Å². The minimum atomic E-state index is -0.443. The summed E-state index contributed by atoms with van der Waals surface area (Å²) in [5.41, 5.74) is 7.41. The Hall–Kier alpha value is -3.21. The van der Waals surface area contributed by atoms with E-state index < -0.39 is 5.97 Å². The molecule has 0 atom stereocenters. The van der Waals surface area contributed by atoms with Crippen molar-refractivity contribution in [3.05, 3.63) is 84.1 Å². The van der Waals surface area contributed by atoms with Gasteiger partial charge in [-0.1, -0.05) is 29.7 Å². The van der Waals surface area contributed by atoms with Gasteiger partial charge in [-0.2, -0.15) is 0 Å². The lowest BCUT2D eigenvalue weighted by molar-refractivity contribution is -0.120. The van der Waals surface area contributed by atoms with E-state index in [1.54, 1.807) is 64.2 Å². The number of aromatic nitrogens is 1. The van der Waals surface area contributed by atoms with Crippen molar-refractivity contribution in [3.8, 4) is 5.75 Å². The fourth-order valence-corrected chi connectivity index (χ4v) is 5.25. The maximum Gasteiger partial charge on any atom is 0.343 e. The summed E-state index contributed by atoms with van der Waals surface area (Å²) in [6.07, 6.45) is 6.41. The summed E-state index contributed by atoms with van der Waals surface area (Å²) in [4.78, 5) is 28.5. The number of unbranched alkanes of at least 4 members (excludes halogenated alkanes) is 3. The smallest absolute Gasteiger partial charge is 0.343 e. The van der Waals surface area contributed by atoms with E-state index in [1.807, 2.05) is 30.3 Å². The van der Waals surface area contributed by atoms with Gasteiger partial charge < -0.3 is 21.1 Å². The third-order valence-corrected chi connectivity index (χ3v) is 7.71. The number of hydrogen-bond acceptors (Lipinski definition) is 8. The highest BCUT2D eigenvalue weighted by atomic mass is 35.5. The molecular formula is C28H34ClN5O3S2. The highest BCUT2D eigenvalue weighted by Gasteiger charge is 2.09. The lowest BCUT2D eigenvalue weighted by Crippen LogP contribution is -2.24. The van der Waals surface area contributed by atoms with Gasteiger partial charge >= 0.3 is 5.97 Å². The van der Waals surface area contributed by atoms with Gasteiger partial charge in [0.05, 0.1) is 5.56 Å². The van der Waals surface area contributed by atoms with Gasteiger partial charge in [0.1, 0.15) is 16.6 Å². The Morgan fingerprint density at radius 3 is 2.26 bits per heavy atom. The van der Waals surface area contributed by atoms with E-state index in [0.29, 0.717) is 29.8 Å². The zero-order valence-electron chi connectivity index (χ0n) is 21.6. The quantitative estimate of drug-likeness (QED) is 0.0405. The zero-order chi connectivity index (χ0) is 27.0. The first kappa shape index (κ1) is 32.0. The molecule has 8 nitrogen and oxygen atoms in total. The number of amidine groups is 1. The SMILES string of the molecule is Cl.N=C(N)c1ccc(OC(=O)c2ccc(NCCCCCCNC(=O)CCSSc3ccccn3)cc2)cc1. The van der Waals surface area contributed by atoms with E-state index in [4.69, 9.17) is 15.9 Å². The molecule has 1 aromatic heterocycles. The van der Waals surface area contributed by atoms with Gasteiger partial charge in [-0.3, -0.25) is 10.2 Å². The number of halogens is 1. The number of nitrogen functional groups attached to an aromatic ring is 1. The molecule has 0 bridgehead atoms. The van der Waals surface area contributed by atoms with Gasteiger partial charge in [0, 0.05) is 42.7 Å². The summed E-state index contributed by atoms with van der Waals surface area (Å²) in [5, 5.41) is 14.7. The predicted octanol–water partition coefficient (Wildman–Crippen LogP) is 5.93. The van der Waals surface area contributed by atoms with Crippen molar-refractivity contribution < 1.29 is 14.3 Å². The molecule has 0 saturated heterocycles. The van der Waals surface area contributed by atoms with Gasteiger partial charge in [0.15, 0.2) is 0 Å². The van der Waals surface area contributed by atoms with Crippen LogP contribution in [0.1, 0.15) is 48.0 Å². The number of anilines is 1. The van der Waals surface area contributed by atoms with Gasteiger partial charge in [0.25, 0.3) is 0 Å². The van der Waals surface area contributed by atoms with Crippen LogP contribution in [0.4, 0.5) is 5.69 Å². The Kier molecular flexibility index (Phi) is 14.9. The minimum Gasteiger partial charge on any atom is -0.423 e. The number of carbonyl (C=O) groups is 2. The van der Waals surface area contributed by atoms with Crippen LogP contribution in [0.3, 0.4) is 0 Å². The van der Waals surface area contributed by atoms with Crippen molar-refractivity contribution in [1.82, 2.24) is 10.3 Å². The van der Waals surface area contributed by atoms with Crippen LogP contribution in [0.15, 0.2) is 78.0 Å². The van der Waals surface area contributed by atoms with Crippen LogP contribution in [-0.2, 0) is 4.79 Å². The second kappa shape index (κ2) is 18.1. The molecule has 39 heavy (non-hydrogen) atoms. The van der Waals surface area contributed by atoms with E-state index >= 15 is 0 Å². The molecule has 208 valence electrons. The first-order chi connectivity index (χ1) is 18.5. The average Bonchev–Trinajstić information content (AvgIpc) is 2.93. The van der Waals surface area contributed by atoms with Crippen molar-refractivity contribution in [1.29, 1.82) is 5.41 Å². The Morgan fingerprint density at radius 1 is 0.897 bits per heavy atom. The predicted molar refractivity (Wildman–Crippen MR) is 163 cm³/mol. The number of nitrogens with two attached hydrogens (primary N) is 1. The second-order valence-corrected chi connectivity index (χ2v) is 10.9. The Balaban J connectivity index is 0.00000533. The molecule has 11 heteroatoms. The van der Waals surface area contributed by atoms with Gasteiger partial charge in [-0.05, 0) is 84.3 Å². The maximum atomic E-state index is 12.4. The standard InChI is InChI=1S/C28H33N5O3S2.ClH/c29-27(30)21-10-14-24(15-11-21)36-28(35)22-8-12-23(13-9-22)31-17-4-1-2-5-18-32-25(34)16-20-37-38-26-7-3-6-19-33-26;/h3,6-15,19,31H,1-2,4-5,16-18,20H2,(H3,29,30)(H,32,34);1H. The molecule has 3 aromatic rings. The lowest BCUT2D eigenvalue weighted by Gasteiger charge is -2.09. The summed E-state index contributed by atoms with van der Waals surface area (Å²) >= 11 is 0. The van der Waals surface area contributed by atoms with Gasteiger partial charge in [0.2, 0.25) is 5.91 Å². The lowest BCUT2D eigenvalue weighted by atomic mass is 10.1. The molecule has 1 amide bonds. The number of ether oxygens (including phenoxy) is 1. The number of hydrogen-bond donors (Lipinski definition) is 4. The van der Waals surface area contributed by atoms with Crippen molar-refractivity contribution in [2.45, 2.75) is 37.1 Å². The number of nitrogens with one attached hydrogen (secondary N) is 3. The number of pyridine rings is 1. The van der Waals surface area contributed by atoms with E-state index in [2.05, 4.69) is 15.6 Å². The molecule has 0 unspecified atom stereocenters. The molecular weight excluding hydrogens is 554 g/mol. The number of amides is 1. The van der Waals surface area contributed by atoms with E-state index in [1.165, 1.54) is 0 Å². The molecule has 0 aliphatic rings. The Morgan fingerprint density at radius 2 is 1.59 bits per heavy atom. The number of benzene rings is 2. The van der Waals surface area contributed by atoms with E-state index in [-0.39, 0.29) is 24.1 Å². The first-order valence-corrected chi connectivity index (χ1v) is 14.8. The fraction of sp³-hybridized carbons (Fsp3) is 0.286. The molecule has 0 spiro atoms. The van der Waals surface area contributed by atoms with Crippen LogP contribution < -0.4 is 21.1 Å². The number of rotatable bonds is 16. The molecule has 0 radical (unpaired) electrons. The zero-order valence-corrected chi connectivity index (χ0v) is 24.0. The van der Waals surface area contributed by atoms with Crippen molar-refractivity contribution in [2.24, 2.45) is 5.73 Å². The molecule has 0 fully saturated rings. The second-order valence-electron chi connectivity index (χ2n) is 8.42. The number of carbonyl (C=O) groups excluding carboxylic acids is 2. The topological polar surface area (TPSA) is 130 Å². The van der Waals surface area contributed by atoms with Gasteiger partial charge in [-0.25, -0.2) is 9.78 Å². The normalized spacial score (nSPS) is 10.3. The van der Waals surface area contributed by atoms with Crippen molar-refractivity contribution in [3.63, 3.8) is 0 Å². The summed E-state index contributed by atoms with van der Waals surface area (Å²) in [6, 6.07) is 19.5. The van der Waals surface area contributed by atoms with E-state index in [0.717, 1.165) is 48.7 Å². The maximum absolute atomic E-state index is 12.4. The molecule has 0 aliphatic heterocycles. The average molecular weight is 588 g/mol. The molecule has 2 aromatic carbocycles. The molecule has 3 rings (SSSR count). The molecule has 1 heterocycles. The van der Waals surface area contributed by atoms with Crippen LogP contribution >= 0.6 is 34.0 Å². The minimum absolute atomic E-state index is 0. The molecule has 0 saturated carbocycles. The molecule has 0 aliphatic carbocycles. The van der Waals surface area contributed by atoms with Crippen LogP contribution in [0, 0.1) is 5.41 Å². The largest absolute Gasteiger partial charge is 0.423 e. The highest BCUT2D eigenvalue weighted by molar-refractivity contribution is 8.76. The fourth-order valence-electron chi connectivity index (χ4n) is 3.38. The van der Waals surface area contributed by atoms with Crippen molar-refractivity contribution >= 4 is 57.4 Å². The van der Waals surface area contributed by atoms with Crippen LogP contribution in [0.25, 0.3) is 0 Å². The molecule has 5 N–H and O–H groups in total. The van der Waals surface area contributed by atoms with Crippen LogP contribution in [0.5, 0.6) is 5.75 Å². The monoisotopic (exact) mass is 587 g/mol. The van der Waals surface area contributed by atoms with Crippen LogP contribution in [0.2, 0.25) is 0 Å². The number of esters is 1. The first-order valence-electron chi connectivity index (χ1n) is 12.5. The van der Waals surface area contributed by atoms with E-state index in [9.17, 15) is 9.59 Å².